The summed E-state index contributed by atoms with van der Waals surface area (Å²) in [6.07, 6.45) is 0.903. The molecule has 0 bridgehead atoms. The smallest absolute Gasteiger partial charge is 0.0446 e. The molecule has 0 aromatic heterocycles. The maximum absolute atomic E-state index is 9.17. The molecule has 16 heavy (non-hydrogen) atoms. The average Bonchev–Trinajstić information content (AvgIpc) is 1.95. The van der Waals surface area contributed by atoms with Gasteiger partial charge in [-0.05, 0) is 23.2 Å². The van der Waals surface area contributed by atoms with Crippen molar-refractivity contribution in [1.82, 2.24) is 4.90 Å². The largest absolute Gasteiger partial charge is 0.396 e. The van der Waals surface area contributed by atoms with Gasteiger partial charge in [0.15, 0.2) is 0 Å². The van der Waals surface area contributed by atoms with Crippen LogP contribution < -0.4 is 0 Å². The number of aliphatic hydroxyl groups excluding tert-OH is 1. The fourth-order valence-corrected chi connectivity index (χ4v) is 2.60. The van der Waals surface area contributed by atoms with Crippen LogP contribution in [-0.2, 0) is 0 Å². The molecular formula is C14H29NO. The Labute approximate surface area is 101 Å². The molecule has 0 aromatic carbocycles. The van der Waals surface area contributed by atoms with Crippen LogP contribution in [0.2, 0.25) is 0 Å². The second-order valence-electron chi connectivity index (χ2n) is 7.41. The summed E-state index contributed by atoms with van der Waals surface area (Å²) in [6.45, 7) is 16.5. The Balaban J connectivity index is 2.53. The third kappa shape index (κ3) is 3.21. The van der Waals surface area contributed by atoms with Crippen LogP contribution in [0.1, 0.15) is 48.0 Å². The molecule has 2 heteroatoms. The van der Waals surface area contributed by atoms with Gasteiger partial charge in [0.25, 0.3) is 0 Å². The van der Waals surface area contributed by atoms with Crippen LogP contribution in [0.25, 0.3) is 0 Å². The maximum atomic E-state index is 9.17. The van der Waals surface area contributed by atoms with Crippen molar-refractivity contribution in [3.8, 4) is 0 Å². The Bertz CT molecular complexity index is 218. The summed E-state index contributed by atoms with van der Waals surface area (Å²) in [5.74, 6) is 0.816. The number of rotatable bonds is 3. The molecule has 1 aliphatic rings. The molecule has 0 amide bonds. The molecule has 1 fully saturated rings. The predicted octanol–water partition coefficient (Wildman–Crippen LogP) is 2.76. The lowest BCUT2D eigenvalue weighted by atomic mass is 9.73. The van der Waals surface area contributed by atoms with E-state index in [0.29, 0.717) is 18.1 Å². The fourth-order valence-electron chi connectivity index (χ4n) is 2.60. The third-order valence-electron chi connectivity index (χ3n) is 3.98. The Kier molecular flexibility index (Phi) is 4.07. The van der Waals surface area contributed by atoms with Crippen molar-refractivity contribution in [2.75, 3.05) is 19.7 Å². The van der Waals surface area contributed by atoms with Crippen LogP contribution in [-0.4, -0.2) is 35.7 Å². The van der Waals surface area contributed by atoms with E-state index < -0.39 is 0 Å². The average molecular weight is 227 g/mol. The van der Waals surface area contributed by atoms with Crippen LogP contribution in [0.15, 0.2) is 0 Å². The zero-order valence-electron chi connectivity index (χ0n) is 11.9. The Morgan fingerprint density at radius 3 is 1.94 bits per heavy atom. The lowest BCUT2D eigenvalue weighted by Crippen LogP contribution is -2.59. The summed E-state index contributed by atoms with van der Waals surface area (Å²) in [5.41, 5.74) is 0.698. The van der Waals surface area contributed by atoms with E-state index >= 15 is 0 Å². The molecule has 1 unspecified atom stereocenters. The lowest BCUT2D eigenvalue weighted by Gasteiger charge is -2.53. The van der Waals surface area contributed by atoms with E-state index in [2.05, 4.69) is 46.4 Å². The van der Waals surface area contributed by atoms with Crippen LogP contribution in [0, 0.1) is 16.7 Å². The van der Waals surface area contributed by atoms with Gasteiger partial charge in [0, 0.05) is 25.7 Å². The van der Waals surface area contributed by atoms with Crippen molar-refractivity contribution < 1.29 is 5.11 Å². The van der Waals surface area contributed by atoms with Gasteiger partial charge in [0.1, 0.15) is 0 Å². The molecular weight excluding hydrogens is 198 g/mol. The monoisotopic (exact) mass is 227 g/mol. The SMILES string of the molecule is CC(C)(C)C1CN(C(CCO)C(C)(C)C)C1. The summed E-state index contributed by atoms with van der Waals surface area (Å²) in [4.78, 5) is 2.55. The van der Waals surface area contributed by atoms with E-state index in [0.717, 1.165) is 12.3 Å². The highest BCUT2D eigenvalue weighted by Crippen LogP contribution is 2.38. The first-order chi connectivity index (χ1) is 7.16. The van der Waals surface area contributed by atoms with Gasteiger partial charge in [-0.15, -0.1) is 0 Å². The molecule has 96 valence electrons. The van der Waals surface area contributed by atoms with E-state index in [9.17, 15) is 0 Å². The Morgan fingerprint density at radius 1 is 1.12 bits per heavy atom. The molecule has 0 saturated carbocycles. The highest BCUT2D eigenvalue weighted by atomic mass is 16.3. The van der Waals surface area contributed by atoms with E-state index in [1.807, 2.05) is 0 Å². The van der Waals surface area contributed by atoms with Gasteiger partial charge < -0.3 is 5.11 Å². The minimum absolute atomic E-state index is 0.269. The molecule has 2 nitrogen and oxygen atoms in total. The second kappa shape index (κ2) is 4.66. The lowest BCUT2D eigenvalue weighted by molar-refractivity contribution is -0.0476. The van der Waals surface area contributed by atoms with E-state index in [1.165, 1.54) is 13.1 Å². The summed E-state index contributed by atoms with van der Waals surface area (Å²) in [5, 5.41) is 9.17. The van der Waals surface area contributed by atoms with Crippen LogP contribution in [0.5, 0.6) is 0 Å². The molecule has 0 spiro atoms. The highest BCUT2D eigenvalue weighted by Gasteiger charge is 2.41. The molecule has 1 saturated heterocycles. The van der Waals surface area contributed by atoms with Gasteiger partial charge in [0.2, 0.25) is 0 Å². The van der Waals surface area contributed by atoms with Crippen molar-refractivity contribution in [3.63, 3.8) is 0 Å². The molecule has 0 aromatic rings. The first-order valence-electron chi connectivity index (χ1n) is 6.51. The zero-order chi connectivity index (χ0) is 12.6. The Hall–Kier alpha value is -0.0800. The molecule has 0 radical (unpaired) electrons. The minimum Gasteiger partial charge on any atom is -0.396 e. The van der Waals surface area contributed by atoms with Gasteiger partial charge in [-0.3, -0.25) is 4.90 Å². The number of hydrogen-bond acceptors (Lipinski definition) is 2. The number of hydrogen-bond donors (Lipinski definition) is 1. The molecule has 1 aliphatic heterocycles. The van der Waals surface area contributed by atoms with Crippen molar-refractivity contribution in [3.05, 3.63) is 0 Å². The van der Waals surface area contributed by atoms with Crippen LogP contribution in [0.4, 0.5) is 0 Å². The quantitative estimate of drug-likeness (QED) is 0.801. The van der Waals surface area contributed by atoms with Gasteiger partial charge in [-0.25, -0.2) is 0 Å². The molecule has 1 N–H and O–H groups in total. The summed E-state index contributed by atoms with van der Waals surface area (Å²) in [7, 11) is 0. The molecule has 0 aliphatic carbocycles. The van der Waals surface area contributed by atoms with Crippen molar-refractivity contribution >= 4 is 0 Å². The molecule has 1 heterocycles. The van der Waals surface area contributed by atoms with Crippen LogP contribution >= 0.6 is 0 Å². The maximum Gasteiger partial charge on any atom is 0.0446 e. The fraction of sp³-hybridized carbons (Fsp3) is 1.00. The van der Waals surface area contributed by atoms with E-state index in [1.54, 1.807) is 0 Å². The number of aliphatic hydroxyl groups is 1. The van der Waals surface area contributed by atoms with Gasteiger partial charge in [0.05, 0.1) is 0 Å². The van der Waals surface area contributed by atoms with Crippen LogP contribution in [0.3, 0.4) is 0 Å². The van der Waals surface area contributed by atoms with Crippen molar-refractivity contribution in [2.45, 2.75) is 54.0 Å². The van der Waals surface area contributed by atoms with Gasteiger partial charge >= 0.3 is 0 Å². The first-order valence-corrected chi connectivity index (χ1v) is 6.51. The summed E-state index contributed by atoms with van der Waals surface area (Å²) >= 11 is 0. The zero-order valence-corrected chi connectivity index (χ0v) is 11.9. The third-order valence-corrected chi connectivity index (χ3v) is 3.98. The summed E-state index contributed by atoms with van der Waals surface area (Å²) in [6, 6.07) is 0.524. The van der Waals surface area contributed by atoms with Crippen molar-refractivity contribution in [2.24, 2.45) is 16.7 Å². The topological polar surface area (TPSA) is 23.5 Å². The second-order valence-corrected chi connectivity index (χ2v) is 7.41. The number of nitrogens with zero attached hydrogens (tertiary/aromatic N) is 1. The minimum atomic E-state index is 0.269. The summed E-state index contributed by atoms with van der Waals surface area (Å²) < 4.78 is 0. The van der Waals surface area contributed by atoms with Crippen molar-refractivity contribution in [1.29, 1.82) is 0 Å². The normalized spacial score (nSPS) is 21.9. The number of likely N-dealkylation sites (tertiary alicyclic amines) is 1. The molecule has 1 rings (SSSR count). The predicted molar refractivity (Wildman–Crippen MR) is 69.5 cm³/mol. The standard InChI is InChI=1S/C14H29NO/c1-13(2,3)11-9-15(10-11)12(7-8-16)14(4,5)6/h11-12,16H,7-10H2,1-6H3. The molecule has 1 atom stereocenters. The first kappa shape index (κ1) is 14.0. The highest BCUT2D eigenvalue weighted by molar-refractivity contribution is 4.94. The Morgan fingerprint density at radius 2 is 1.62 bits per heavy atom. The van der Waals surface area contributed by atoms with Gasteiger partial charge in [-0.1, -0.05) is 41.5 Å². The van der Waals surface area contributed by atoms with E-state index in [4.69, 9.17) is 5.11 Å². The van der Waals surface area contributed by atoms with Gasteiger partial charge in [-0.2, -0.15) is 0 Å². The van der Waals surface area contributed by atoms with E-state index in [-0.39, 0.29) is 5.41 Å².